The standard InChI is InChI=1S/C19H24ClNO.ClH/c1-2-3-7-12-21-14-17-10-11-19(18(20)13-17)22-15-16-8-5-4-6-9-16;/h4-6,8-11,13,21H,2-3,7,12,14-15H2,1H3;1H. The maximum Gasteiger partial charge on any atom is 0.138 e. The molecule has 23 heavy (non-hydrogen) atoms. The van der Waals surface area contributed by atoms with Gasteiger partial charge in [0.1, 0.15) is 12.4 Å². The molecule has 1 N–H and O–H groups in total. The first-order chi connectivity index (χ1) is 10.8. The largest absolute Gasteiger partial charge is 0.487 e. The van der Waals surface area contributed by atoms with Gasteiger partial charge in [0, 0.05) is 6.54 Å². The summed E-state index contributed by atoms with van der Waals surface area (Å²) < 4.78 is 5.78. The van der Waals surface area contributed by atoms with Crippen LogP contribution >= 0.6 is 24.0 Å². The lowest BCUT2D eigenvalue weighted by Crippen LogP contribution is -2.14. The predicted octanol–water partition coefficient (Wildman–Crippen LogP) is 5.62. The monoisotopic (exact) mass is 353 g/mol. The Morgan fingerprint density at radius 1 is 1.00 bits per heavy atom. The summed E-state index contributed by atoms with van der Waals surface area (Å²) in [6.45, 7) is 4.66. The summed E-state index contributed by atoms with van der Waals surface area (Å²) in [5, 5.41) is 4.11. The van der Waals surface area contributed by atoms with Crippen molar-refractivity contribution in [1.82, 2.24) is 5.32 Å². The van der Waals surface area contributed by atoms with Crippen LogP contribution in [0.5, 0.6) is 5.75 Å². The van der Waals surface area contributed by atoms with E-state index in [1.54, 1.807) is 0 Å². The lowest BCUT2D eigenvalue weighted by Gasteiger charge is -2.10. The van der Waals surface area contributed by atoms with E-state index in [0.717, 1.165) is 24.4 Å². The molecule has 0 heterocycles. The molecule has 0 spiro atoms. The molecule has 0 aromatic heterocycles. The number of halogens is 2. The molecule has 0 aliphatic heterocycles. The second-order valence-corrected chi connectivity index (χ2v) is 5.83. The first-order valence-electron chi connectivity index (χ1n) is 7.95. The van der Waals surface area contributed by atoms with Crippen molar-refractivity contribution in [2.45, 2.75) is 39.3 Å². The molecule has 0 atom stereocenters. The summed E-state index contributed by atoms with van der Waals surface area (Å²) in [5.41, 5.74) is 2.33. The van der Waals surface area contributed by atoms with Crippen molar-refractivity contribution < 1.29 is 4.74 Å². The van der Waals surface area contributed by atoms with Crippen LogP contribution in [0, 0.1) is 0 Å². The van der Waals surface area contributed by atoms with Gasteiger partial charge in [0.05, 0.1) is 5.02 Å². The zero-order valence-corrected chi connectivity index (χ0v) is 15.1. The first-order valence-corrected chi connectivity index (χ1v) is 8.33. The molecule has 0 aliphatic rings. The quantitative estimate of drug-likeness (QED) is 0.590. The Balaban J connectivity index is 0.00000264. The molecule has 0 aliphatic carbocycles. The van der Waals surface area contributed by atoms with Gasteiger partial charge < -0.3 is 10.1 Å². The molecular formula is C19H25Cl2NO. The van der Waals surface area contributed by atoms with Crippen molar-refractivity contribution in [2.24, 2.45) is 0 Å². The third-order valence-electron chi connectivity index (χ3n) is 3.52. The molecule has 0 amide bonds. The van der Waals surface area contributed by atoms with Gasteiger partial charge in [-0.2, -0.15) is 0 Å². The minimum absolute atomic E-state index is 0. The maximum absolute atomic E-state index is 6.31. The molecule has 2 rings (SSSR count). The smallest absolute Gasteiger partial charge is 0.138 e. The SMILES string of the molecule is CCCCCNCc1ccc(OCc2ccccc2)c(Cl)c1.Cl. The summed E-state index contributed by atoms with van der Waals surface area (Å²) in [4.78, 5) is 0. The molecule has 0 saturated carbocycles. The van der Waals surface area contributed by atoms with Crippen molar-refractivity contribution >= 4 is 24.0 Å². The highest BCUT2D eigenvalue weighted by atomic mass is 35.5. The van der Waals surface area contributed by atoms with Crippen molar-refractivity contribution in [2.75, 3.05) is 6.54 Å². The summed E-state index contributed by atoms with van der Waals surface area (Å²) in [5.74, 6) is 0.736. The molecule has 0 bridgehead atoms. The van der Waals surface area contributed by atoms with Crippen LogP contribution in [0.3, 0.4) is 0 Å². The third kappa shape index (κ3) is 7.26. The predicted molar refractivity (Wildman–Crippen MR) is 101 cm³/mol. The summed E-state index contributed by atoms with van der Waals surface area (Å²) in [7, 11) is 0. The van der Waals surface area contributed by atoms with E-state index in [0.29, 0.717) is 11.6 Å². The Bertz CT molecular complexity index is 561. The second kappa shape index (κ2) is 11.3. The molecular weight excluding hydrogens is 329 g/mol. The normalized spacial score (nSPS) is 10.2. The fraction of sp³-hybridized carbons (Fsp3) is 0.368. The van der Waals surface area contributed by atoms with Crippen LogP contribution in [-0.4, -0.2) is 6.54 Å². The highest BCUT2D eigenvalue weighted by Crippen LogP contribution is 2.26. The van der Waals surface area contributed by atoms with Crippen molar-refractivity contribution in [3.63, 3.8) is 0 Å². The fourth-order valence-electron chi connectivity index (χ4n) is 2.24. The number of ether oxygens (including phenoxy) is 1. The summed E-state index contributed by atoms with van der Waals surface area (Å²) >= 11 is 6.31. The average molecular weight is 354 g/mol. The molecule has 0 radical (unpaired) electrons. The van der Waals surface area contributed by atoms with E-state index in [-0.39, 0.29) is 12.4 Å². The van der Waals surface area contributed by atoms with Gasteiger partial charge in [-0.1, -0.05) is 67.8 Å². The fourth-order valence-corrected chi connectivity index (χ4v) is 2.50. The van der Waals surface area contributed by atoms with E-state index in [4.69, 9.17) is 16.3 Å². The van der Waals surface area contributed by atoms with E-state index < -0.39 is 0 Å². The molecule has 126 valence electrons. The number of unbranched alkanes of at least 4 members (excludes halogenated alkanes) is 2. The van der Waals surface area contributed by atoms with Crippen molar-refractivity contribution in [1.29, 1.82) is 0 Å². The van der Waals surface area contributed by atoms with Gasteiger partial charge in [-0.15, -0.1) is 12.4 Å². The molecule has 2 aromatic carbocycles. The van der Waals surface area contributed by atoms with Gasteiger partial charge in [0.2, 0.25) is 0 Å². The molecule has 0 fully saturated rings. The number of nitrogens with one attached hydrogen (secondary N) is 1. The summed E-state index contributed by atoms with van der Waals surface area (Å²) in [6.07, 6.45) is 3.75. The van der Waals surface area contributed by atoms with Gasteiger partial charge in [-0.05, 0) is 36.2 Å². The summed E-state index contributed by atoms with van der Waals surface area (Å²) in [6, 6.07) is 16.1. The lowest BCUT2D eigenvalue weighted by atomic mass is 10.2. The van der Waals surface area contributed by atoms with Crippen LogP contribution in [0.25, 0.3) is 0 Å². The number of rotatable bonds is 9. The van der Waals surface area contributed by atoms with Gasteiger partial charge in [0.25, 0.3) is 0 Å². The van der Waals surface area contributed by atoms with E-state index in [1.165, 1.54) is 24.8 Å². The zero-order chi connectivity index (χ0) is 15.6. The Labute approximate surface area is 150 Å². The van der Waals surface area contributed by atoms with Crippen molar-refractivity contribution in [3.05, 3.63) is 64.7 Å². The van der Waals surface area contributed by atoms with Gasteiger partial charge in [0.15, 0.2) is 0 Å². The Morgan fingerprint density at radius 2 is 1.78 bits per heavy atom. The first kappa shape index (κ1) is 19.8. The van der Waals surface area contributed by atoms with Crippen LogP contribution in [-0.2, 0) is 13.2 Å². The minimum Gasteiger partial charge on any atom is -0.487 e. The number of hydrogen-bond acceptors (Lipinski definition) is 2. The van der Waals surface area contributed by atoms with E-state index >= 15 is 0 Å². The topological polar surface area (TPSA) is 21.3 Å². The molecule has 2 nitrogen and oxygen atoms in total. The zero-order valence-electron chi connectivity index (χ0n) is 13.6. The highest BCUT2D eigenvalue weighted by molar-refractivity contribution is 6.32. The van der Waals surface area contributed by atoms with E-state index in [1.807, 2.05) is 42.5 Å². The number of hydrogen-bond donors (Lipinski definition) is 1. The van der Waals surface area contributed by atoms with Gasteiger partial charge in [-0.3, -0.25) is 0 Å². The van der Waals surface area contributed by atoms with Crippen LogP contribution in [0.4, 0.5) is 0 Å². The Morgan fingerprint density at radius 3 is 2.48 bits per heavy atom. The molecule has 4 heteroatoms. The third-order valence-corrected chi connectivity index (χ3v) is 3.82. The van der Waals surface area contributed by atoms with Gasteiger partial charge in [-0.25, -0.2) is 0 Å². The average Bonchev–Trinajstić information content (AvgIpc) is 2.55. The van der Waals surface area contributed by atoms with Crippen LogP contribution in [0.1, 0.15) is 37.3 Å². The molecule has 0 unspecified atom stereocenters. The minimum atomic E-state index is 0. The van der Waals surface area contributed by atoms with Gasteiger partial charge >= 0.3 is 0 Å². The molecule has 0 saturated heterocycles. The Kier molecular flexibility index (Phi) is 9.77. The number of benzene rings is 2. The van der Waals surface area contributed by atoms with Crippen LogP contribution in [0.2, 0.25) is 5.02 Å². The highest BCUT2D eigenvalue weighted by Gasteiger charge is 2.03. The van der Waals surface area contributed by atoms with Crippen LogP contribution in [0.15, 0.2) is 48.5 Å². The molecule has 2 aromatic rings. The lowest BCUT2D eigenvalue weighted by molar-refractivity contribution is 0.306. The van der Waals surface area contributed by atoms with Crippen LogP contribution < -0.4 is 10.1 Å². The van der Waals surface area contributed by atoms with E-state index in [9.17, 15) is 0 Å². The van der Waals surface area contributed by atoms with E-state index in [2.05, 4.69) is 18.3 Å². The second-order valence-electron chi connectivity index (χ2n) is 5.42. The Hall–Kier alpha value is -1.22. The van der Waals surface area contributed by atoms with Crippen molar-refractivity contribution in [3.8, 4) is 5.75 Å². The maximum atomic E-state index is 6.31.